The van der Waals surface area contributed by atoms with Crippen LogP contribution in [0.4, 0.5) is 0 Å². The van der Waals surface area contributed by atoms with Crippen molar-refractivity contribution in [1.29, 1.82) is 0 Å². The third kappa shape index (κ3) is 3.05. The monoisotopic (exact) mass is 270 g/mol. The second-order valence-electron chi connectivity index (χ2n) is 5.14. The van der Waals surface area contributed by atoms with Crippen LogP contribution in [-0.2, 0) is 20.0 Å². The first-order valence-electron chi connectivity index (χ1n) is 6.74. The van der Waals surface area contributed by atoms with Crippen molar-refractivity contribution in [3.8, 4) is 0 Å². The first kappa shape index (κ1) is 13.8. The maximum atomic E-state index is 6.34. The van der Waals surface area contributed by atoms with Crippen molar-refractivity contribution in [1.82, 2.24) is 20.0 Å². The van der Waals surface area contributed by atoms with E-state index in [0.29, 0.717) is 6.04 Å². The third-order valence-corrected chi connectivity index (χ3v) is 4.22. The summed E-state index contributed by atoms with van der Waals surface area (Å²) in [5.41, 5.74) is 2.10. The molecule has 4 nitrogen and oxygen atoms in total. The Balaban J connectivity index is 1.92. The second kappa shape index (κ2) is 6.04. The van der Waals surface area contributed by atoms with Crippen LogP contribution in [0.1, 0.15) is 31.2 Å². The normalized spacial score (nSPS) is 18.4. The Hall–Kier alpha value is -0.580. The zero-order valence-electron chi connectivity index (χ0n) is 11.5. The highest BCUT2D eigenvalue weighted by Crippen LogP contribution is 2.21. The number of hydrogen-bond acceptors (Lipinski definition) is 3. The molecule has 1 aliphatic rings. The molecule has 0 amide bonds. The number of nitrogens with zero attached hydrogens (tertiary/aromatic N) is 3. The minimum atomic E-state index is 0.609. The summed E-state index contributed by atoms with van der Waals surface area (Å²) in [6, 6.07) is 0.609. The minimum Gasteiger partial charge on any atom is -0.308 e. The standard InChI is InChI=1S/C13H23ClN4/c1-4-11-13(14)12(18(3)16-11)9-15-10-5-7-17(2)8-6-10/h10,15H,4-9H2,1-3H3. The summed E-state index contributed by atoms with van der Waals surface area (Å²) in [6.07, 6.45) is 3.32. The first-order chi connectivity index (χ1) is 8.61. The molecule has 0 bridgehead atoms. The minimum absolute atomic E-state index is 0.609. The van der Waals surface area contributed by atoms with E-state index in [1.807, 2.05) is 11.7 Å². The van der Waals surface area contributed by atoms with E-state index in [9.17, 15) is 0 Å². The Morgan fingerprint density at radius 1 is 1.33 bits per heavy atom. The van der Waals surface area contributed by atoms with E-state index in [4.69, 9.17) is 11.6 Å². The molecular formula is C13H23ClN4. The SMILES string of the molecule is CCc1nn(C)c(CNC2CCN(C)CC2)c1Cl. The number of halogens is 1. The van der Waals surface area contributed by atoms with Crippen molar-refractivity contribution >= 4 is 11.6 Å². The Labute approximate surface area is 114 Å². The topological polar surface area (TPSA) is 33.1 Å². The lowest BCUT2D eigenvalue weighted by Crippen LogP contribution is -2.40. The lowest BCUT2D eigenvalue weighted by Gasteiger charge is -2.29. The molecule has 1 N–H and O–H groups in total. The summed E-state index contributed by atoms with van der Waals surface area (Å²) < 4.78 is 1.91. The summed E-state index contributed by atoms with van der Waals surface area (Å²) in [4.78, 5) is 2.38. The molecule has 0 aliphatic carbocycles. The van der Waals surface area contributed by atoms with Gasteiger partial charge in [0.05, 0.1) is 16.4 Å². The van der Waals surface area contributed by atoms with Gasteiger partial charge in [-0.15, -0.1) is 0 Å². The number of rotatable bonds is 4. The lowest BCUT2D eigenvalue weighted by atomic mass is 10.1. The van der Waals surface area contributed by atoms with E-state index < -0.39 is 0 Å². The predicted octanol–water partition coefficient (Wildman–Crippen LogP) is 1.82. The zero-order valence-corrected chi connectivity index (χ0v) is 12.3. The third-order valence-electron chi connectivity index (χ3n) is 3.78. The van der Waals surface area contributed by atoms with Gasteiger partial charge < -0.3 is 10.2 Å². The predicted molar refractivity (Wildman–Crippen MR) is 75.0 cm³/mol. The second-order valence-corrected chi connectivity index (χ2v) is 5.52. The van der Waals surface area contributed by atoms with E-state index in [-0.39, 0.29) is 0 Å². The van der Waals surface area contributed by atoms with Gasteiger partial charge in [-0.25, -0.2) is 0 Å². The molecule has 0 spiro atoms. The van der Waals surface area contributed by atoms with E-state index in [1.165, 1.54) is 25.9 Å². The summed E-state index contributed by atoms with van der Waals surface area (Å²) in [7, 11) is 4.15. The molecule has 0 radical (unpaired) electrons. The lowest BCUT2D eigenvalue weighted by molar-refractivity contribution is 0.233. The maximum absolute atomic E-state index is 6.34. The summed E-state index contributed by atoms with van der Waals surface area (Å²) in [6.45, 7) is 5.26. The van der Waals surface area contributed by atoms with Gasteiger partial charge in [0.2, 0.25) is 0 Å². The largest absolute Gasteiger partial charge is 0.308 e. The number of likely N-dealkylation sites (tertiary alicyclic amines) is 1. The van der Waals surface area contributed by atoms with Crippen LogP contribution in [0.15, 0.2) is 0 Å². The molecule has 0 saturated carbocycles. The highest BCUT2D eigenvalue weighted by Gasteiger charge is 2.18. The van der Waals surface area contributed by atoms with Gasteiger partial charge in [-0.2, -0.15) is 5.10 Å². The molecule has 1 aliphatic heterocycles. The molecule has 102 valence electrons. The smallest absolute Gasteiger partial charge is 0.0863 e. The first-order valence-corrected chi connectivity index (χ1v) is 7.11. The molecule has 1 saturated heterocycles. The number of aryl methyl sites for hydroxylation is 2. The van der Waals surface area contributed by atoms with Gasteiger partial charge in [-0.3, -0.25) is 4.68 Å². The molecule has 2 rings (SSSR count). The summed E-state index contributed by atoms with van der Waals surface area (Å²) in [5, 5.41) is 8.88. The van der Waals surface area contributed by atoms with Crippen LogP contribution < -0.4 is 5.32 Å². The molecule has 18 heavy (non-hydrogen) atoms. The molecular weight excluding hydrogens is 248 g/mol. The quantitative estimate of drug-likeness (QED) is 0.906. The maximum Gasteiger partial charge on any atom is 0.0863 e. The highest BCUT2D eigenvalue weighted by atomic mass is 35.5. The van der Waals surface area contributed by atoms with Crippen molar-refractivity contribution in [3.63, 3.8) is 0 Å². The van der Waals surface area contributed by atoms with Crippen LogP contribution >= 0.6 is 11.6 Å². The van der Waals surface area contributed by atoms with Crippen molar-refractivity contribution in [2.75, 3.05) is 20.1 Å². The van der Waals surface area contributed by atoms with E-state index in [1.54, 1.807) is 0 Å². The number of piperidine rings is 1. The molecule has 1 aromatic heterocycles. The molecule has 0 aromatic carbocycles. The average molecular weight is 271 g/mol. The average Bonchev–Trinajstić information content (AvgIpc) is 2.64. The summed E-state index contributed by atoms with van der Waals surface area (Å²) in [5.74, 6) is 0. The zero-order chi connectivity index (χ0) is 13.1. The Morgan fingerprint density at radius 2 is 2.00 bits per heavy atom. The number of hydrogen-bond donors (Lipinski definition) is 1. The number of nitrogens with one attached hydrogen (secondary N) is 1. The molecule has 0 unspecified atom stereocenters. The van der Waals surface area contributed by atoms with Gasteiger partial charge in [0.1, 0.15) is 0 Å². The fourth-order valence-electron chi connectivity index (χ4n) is 2.47. The van der Waals surface area contributed by atoms with Gasteiger partial charge in [0.15, 0.2) is 0 Å². The van der Waals surface area contributed by atoms with Gasteiger partial charge in [-0.05, 0) is 39.4 Å². The van der Waals surface area contributed by atoms with Crippen LogP contribution in [0.5, 0.6) is 0 Å². The van der Waals surface area contributed by atoms with E-state index in [2.05, 4.69) is 29.3 Å². The van der Waals surface area contributed by atoms with E-state index in [0.717, 1.165) is 29.4 Å². The molecule has 2 heterocycles. The van der Waals surface area contributed by atoms with Crippen molar-refractivity contribution in [3.05, 3.63) is 16.4 Å². The van der Waals surface area contributed by atoms with Gasteiger partial charge >= 0.3 is 0 Å². The van der Waals surface area contributed by atoms with Gasteiger partial charge in [0, 0.05) is 19.6 Å². The Bertz CT molecular complexity index is 394. The van der Waals surface area contributed by atoms with Crippen molar-refractivity contribution in [2.45, 2.75) is 38.8 Å². The summed E-state index contributed by atoms with van der Waals surface area (Å²) >= 11 is 6.34. The fraction of sp³-hybridized carbons (Fsp3) is 0.769. The molecule has 5 heteroatoms. The van der Waals surface area contributed by atoms with Crippen LogP contribution in [0.3, 0.4) is 0 Å². The van der Waals surface area contributed by atoms with E-state index >= 15 is 0 Å². The molecule has 1 fully saturated rings. The molecule has 1 aromatic rings. The van der Waals surface area contributed by atoms with Crippen LogP contribution in [0, 0.1) is 0 Å². The fourth-order valence-corrected chi connectivity index (χ4v) is 2.83. The van der Waals surface area contributed by atoms with Crippen molar-refractivity contribution in [2.24, 2.45) is 7.05 Å². The molecule has 0 atom stereocenters. The van der Waals surface area contributed by atoms with Crippen LogP contribution in [-0.4, -0.2) is 40.9 Å². The van der Waals surface area contributed by atoms with Crippen LogP contribution in [0.25, 0.3) is 0 Å². The Kier molecular flexibility index (Phi) is 4.65. The Morgan fingerprint density at radius 3 is 2.56 bits per heavy atom. The van der Waals surface area contributed by atoms with Gasteiger partial charge in [-0.1, -0.05) is 18.5 Å². The number of aromatic nitrogens is 2. The van der Waals surface area contributed by atoms with Crippen molar-refractivity contribution < 1.29 is 0 Å². The highest BCUT2D eigenvalue weighted by molar-refractivity contribution is 6.31. The van der Waals surface area contributed by atoms with Gasteiger partial charge in [0.25, 0.3) is 0 Å². The van der Waals surface area contributed by atoms with Crippen LogP contribution in [0.2, 0.25) is 5.02 Å².